The summed E-state index contributed by atoms with van der Waals surface area (Å²) in [6, 6.07) is 17.9. The van der Waals surface area contributed by atoms with Crippen LogP contribution in [0.3, 0.4) is 0 Å². The van der Waals surface area contributed by atoms with Crippen LogP contribution in [-0.2, 0) is 10.5 Å². The van der Waals surface area contributed by atoms with Crippen molar-refractivity contribution in [3.63, 3.8) is 0 Å². The molecular weight excluding hydrogens is 274 g/mol. The van der Waals surface area contributed by atoms with E-state index in [1.165, 1.54) is 6.42 Å². The Morgan fingerprint density at radius 2 is 1.55 bits per heavy atom. The summed E-state index contributed by atoms with van der Waals surface area (Å²) in [4.78, 5) is 14.8. The van der Waals surface area contributed by atoms with Crippen molar-refractivity contribution < 1.29 is 9.53 Å². The molecule has 22 heavy (non-hydrogen) atoms. The monoisotopic (exact) mass is 293 g/mol. The minimum absolute atomic E-state index is 0.218. The summed E-state index contributed by atoms with van der Waals surface area (Å²) in [5.74, 6) is -0.218. The van der Waals surface area contributed by atoms with Gasteiger partial charge in [-0.15, -0.1) is 0 Å². The van der Waals surface area contributed by atoms with Gasteiger partial charge in [-0.2, -0.15) is 0 Å². The lowest BCUT2D eigenvalue weighted by Gasteiger charge is -2.42. The molecule has 2 aromatic carbocycles. The number of nitrogens with zero attached hydrogens (tertiary/aromatic N) is 1. The maximum Gasteiger partial charge on any atom is 0.340 e. The number of fused-ring (bicyclic) bond motifs is 1. The Labute approximate surface area is 130 Å². The highest BCUT2D eigenvalue weighted by atomic mass is 16.6. The highest BCUT2D eigenvalue weighted by molar-refractivity contribution is 5.95. The van der Waals surface area contributed by atoms with E-state index in [9.17, 15) is 4.79 Å². The molecule has 0 N–H and O–H groups in total. The Balaban J connectivity index is 1.93. The fourth-order valence-electron chi connectivity index (χ4n) is 3.71. The number of carbonyl (C=O) groups excluding carboxylic acids is 1. The number of hydrogen-bond acceptors (Lipinski definition) is 3. The summed E-state index contributed by atoms with van der Waals surface area (Å²) in [7, 11) is 0. The minimum atomic E-state index is -0.755. The summed E-state index contributed by atoms with van der Waals surface area (Å²) in [5.41, 5.74) is 1.95. The molecule has 0 radical (unpaired) electrons. The van der Waals surface area contributed by atoms with Crippen molar-refractivity contribution in [2.45, 2.75) is 25.0 Å². The van der Waals surface area contributed by atoms with Gasteiger partial charge in [0.05, 0.1) is 5.56 Å². The fraction of sp³-hybridized carbons (Fsp3) is 0.316. The van der Waals surface area contributed by atoms with Gasteiger partial charge < -0.3 is 4.74 Å². The quantitative estimate of drug-likeness (QED) is 0.793. The molecule has 2 aliphatic heterocycles. The van der Waals surface area contributed by atoms with Gasteiger partial charge >= 0.3 is 5.97 Å². The number of cyclic esters (lactones) is 1. The van der Waals surface area contributed by atoms with Crippen LogP contribution in [0.4, 0.5) is 0 Å². The largest absolute Gasteiger partial charge is 0.431 e. The molecule has 0 saturated carbocycles. The molecule has 0 bridgehead atoms. The predicted octanol–water partition coefficient (Wildman–Crippen LogP) is 3.54. The molecule has 1 atom stereocenters. The van der Waals surface area contributed by atoms with Crippen LogP contribution in [-0.4, -0.2) is 24.0 Å². The van der Waals surface area contributed by atoms with E-state index < -0.39 is 5.72 Å². The second-order valence-electron chi connectivity index (χ2n) is 5.99. The van der Waals surface area contributed by atoms with Crippen molar-refractivity contribution in [3.8, 4) is 0 Å². The number of rotatable bonds is 2. The zero-order valence-corrected chi connectivity index (χ0v) is 12.5. The molecule has 4 rings (SSSR count). The Morgan fingerprint density at radius 1 is 0.864 bits per heavy atom. The molecule has 0 aromatic heterocycles. The number of carbonyl (C=O) groups is 1. The number of benzene rings is 2. The highest BCUT2D eigenvalue weighted by Crippen LogP contribution is 2.45. The second kappa shape index (κ2) is 5.25. The first-order valence-electron chi connectivity index (χ1n) is 7.96. The zero-order valence-electron chi connectivity index (χ0n) is 12.5. The van der Waals surface area contributed by atoms with E-state index in [1.807, 2.05) is 42.5 Å². The van der Waals surface area contributed by atoms with E-state index in [2.05, 4.69) is 17.0 Å². The van der Waals surface area contributed by atoms with Gasteiger partial charge in [-0.25, -0.2) is 4.79 Å². The van der Waals surface area contributed by atoms with Crippen LogP contribution < -0.4 is 0 Å². The first kappa shape index (κ1) is 13.5. The third-order valence-electron chi connectivity index (χ3n) is 4.72. The first-order valence-corrected chi connectivity index (χ1v) is 7.96. The van der Waals surface area contributed by atoms with E-state index in [4.69, 9.17) is 4.74 Å². The van der Waals surface area contributed by atoms with E-state index in [0.29, 0.717) is 5.56 Å². The van der Waals surface area contributed by atoms with Crippen LogP contribution in [0.2, 0.25) is 0 Å². The zero-order chi connectivity index (χ0) is 15.0. The second-order valence-corrected chi connectivity index (χ2v) is 5.99. The summed E-state index contributed by atoms with van der Waals surface area (Å²) < 4.78 is 6.03. The van der Waals surface area contributed by atoms with Gasteiger partial charge in [-0.05, 0) is 18.9 Å². The molecule has 112 valence electrons. The van der Waals surface area contributed by atoms with Crippen LogP contribution in [0.25, 0.3) is 0 Å². The Bertz CT molecular complexity index is 692. The average molecular weight is 293 g/mol. The van der Waals surface area contributed by atoms with Gasteiger partial charge in [-0.1, -0.05) is 55.0 Å². The Morgan fingerprint density at radius 3 is 2.32 bits per heavy atom. The fourth-order valence-corrected chi connectivity index (χ4v) is 3.71. The number of piperidine rings is 1. The molecule has 3 nitrogen and oxygen atoms in total. The molecule has 3 heteroatoms. The molecule has 1 unspecified atom stereocenters. The highest BCUT2D eigenvalue weighted by Gasteiger charge is 2.51. The van der Waals surface area contributed by atoms with Gasteiger partial charge in [0.25, 0.3) is 0 Å². The van der Waals surface area contributed by atoms with Crippen molar-refractivity contribution in [2.24, 2.45) is 0 Å². The molecule has 2 aromatic rings. The summed E-state index contributed by atoms with van der Waals surface area (Å²) in [6.45, 7) is 1.91. The Hall–Kier alpha value is -2.13. The van der Waals surface area contributed by atoms with Crippen molar-refractivity contribution in [1.29, 1.82) is 0 Å². The lowest BCUT2D eigenvalue weighted by molar-refractivity contribution is -0.0922. The lowest BCUT2D eigenvalue weighted by Crippen LogP contribution is -2.49. The van der Waals surface area contributed by atoms with Crippen molar-refractivity contribution in [3.05, 3.63) is 71.3 Å². The van der Waals surface area contributed by atoms with E-state index >= 15 is 0 Å². The third kappa shape index (κ3) is 1.89. The summed E-state index contributed by atoms with van der Waals surface area (Å²) in [6.07, 6.45) is 3.54. The van der Waals surface area contributed by atoms with Gasteiger partial charge in [-0.3, -0.25) is 4.90 Å². The molecule has 2 aliphatic rings. The first-order chi connectivity index (χ1) is 10.8. The van der Waals surface area contributed by atoms with Gasteiger partial charge in [0, 0.05) is 24.2 Å². The summed E-state index contributed by atoms with van der Waals surface area (Å²) in [5, 5.41) is 0. The predicted molar refractivity (Wildman–Crippen MR) is 84.5 cm³/mol. The molecule has 1 saturated heterocycles. The maximum absolute atomic E-state index is 12.4. The molecular formula is C19H19NO2. The standard InChI is InChI=1S/C19H19NO2/c21-18-16-11-5-6-12-17(16)19(22-18,15-9-3-1-4-10-15)20-13-7-2-8-14-20/h1,3-6,9-12H,2,7-8,13-14H2. The minimum Gasteiger partial charge on any atom is -0.431 e. The normalized spacial score (nSPS) is 24.8. The topological polar surface area (TPSA) is 29.5 Å². The summed E-state index contributed by atoms with van der Waals surface area (Å²) >= 11 is 0. The number of ether oxygens (including phenoxy) is 1. The van der Waals surface area contributed by atoms with Crippen LogP contribution in [0.5, 0.6) is 0 Å². The van der Waals surface area contributed by atoms with Crippen molar-refractivity contribution in [1.82, 2.24) is 4.90 Å². The van der Waals surface area contributed by atoms with Crippen LogP contribution in [0, 0.1) is 0 Å². The SMILES string of the molecule is O=C1OC(c2ccccc2)(N2CCCCC2)c2ccccc21. The van der Waals surface area contributed by atoms with Crippen LogP contribution in [0.1, 0.15) is 40.7 Å². The molecule has 0 aliphatic carbocycles. The maximum atomic E-state index is 12.4. The lowest BCUT2D eigenvalue weighted by atomic mass is 9.90. The number of hydrogen-bond donors (Lipinski definition) is 0. The molecule has 0 spiro atoms. The third-order valence-corrected chi connectivity index (χ3v) is 4.72. The molecule has 0 amide bonds. The van der Waals surface area contributed by atoms with E-state index in [1.54, 1.807) is 0 Å². The number of esters is 1. The van der Waals surface area contributed by atoms with E-state index in [-0.39, 0.29) is 5.97 Å². The van der Waals surface area contributed by atoms with Crippen molar-refractivity contribution in [2.75, 3.05) is 13.1 Å². The smallest absolute Gasteiger partial charge is 0.340 e. The van der Waals surface area contributed by atoms with Crippen molar-refractivity contribution >= 4 is 5.97 Å². The average Bonchev–Trinajstić information content (AvgIpc) is 2.91. The van der Waals surface area contributed by atoms with Gasteiger partial charge in [0.2, 0.25) is 5.72 Å². The number of likely N-dealkylation sites (tertiary alicyclic amines) is 1. The molecule has 1 fully saturated rings. The molecule has 2 heterocycles. The van der Waals surface area contributed by atoms with Gasteiger partial charge in [0.1, 0.15) is 0 Å². The van der Waals surface area contributed by atoms with Gasteiger partial charge in [0.15, 0.2) is 0 Å². The van der Waals surface area contributed by atoms with Crippen LogP contribution in [0.15, 0.2) is 54.6 Å². The van der Waals surface area contributed by atoms with Crippen LogP contribution >= 0.6 is 0 Å². The Kier molecular flexibility index (Phi) is 3.23. The van der Waals surface area contributed by atoms with E-state index in [0.717, 1.165) is 37.1 Å².